The Morgan fingerprint density at radius 2 is 1.88 bits per heavy atom. The highest BCUT2D eigenvalue weighted by Crippen LogP contribution is 2.23. The molecule has 132 valence electrons. The molecule has 5 nitrogen and oxygen atoms in total. The Balaban J connectivity index is 1.73. The second-order valence-corrected chi connectivity index (χ2v) is 6.30. The van der Waals surface area contributed by atoms with E-state index in [4.69, 9.17) is 5.11 Å². The van der Waals surface area contributed by atoms with Crippen molar-refractivity contribution in [2.45, 2.75) is 18.9 Å². The van der Waals surface area contributed by atoms with E-state index in [-0.39, 0.29) is 18.6 Å². The van der Waals surface area contributed by atoms with Gasteiger partial charge in [0.1, 0.15) is 0 Å². The fraction of sp³-hybridized carbons (Fsp3) is 0.350. The smallest absolute Gasteiger partial charge is 0.256 e. The molecule has 25 heavy (non-hydrogen) atoms. The molecular weight excluding hydrogens is 314 g/mol. The molecule has 1 aliphatic heterocycles. The lowest BCUT2D eigenvalue weighted by atomic mass is 10.0. The van der Waals surface area contributed by atoms with Gasteiger partial charge in [0, 0.05) is 31.4 Å². The van der Waals surface area contributed by atoms with Crippen molar-refractivity contribution in [2.24, 2.45) is 0 Å². The Labute approximate surface area is 148 Å². The van der Waals surface area contributed by atoms with Crippen LogP contribution in [0.4, 0.5) is 11.4 Å². The highest BCUT2D eigenvalue weighted by molar-refractivity contribution is 6.00. The first kappa shape index (κ1) is 17.5. The number of nitrogens with zero attached hydrogens (tertiary/aromatic N) is 1. The number of amides is 1. The van der Waals surface area contributed by atoms with Crippen molar-refractivity contribution >= 4 is 17.3 Å². The maximum absolute atomic E-state index is 13.0. The summed E-state index contributed by atoms with van der Waals surface area (Å²) in [5, 5.41) is 15.6. The third-order valence-electron chi connectivity index (χ3n) is 4.46. The van der Waals surface area contributed by atoms with Crippen molar-refractivity contribution in [2.75, 3.05) is 31.6 Å². The average molecular weight is 339 g/mol. The number of piperidine rings is 1. The second kappa shape index (κ2) is 8.65. The van der Waals surface area contributed by atoms with Gasteiger partial charge in [0.05, 0.1) is 17.9 Å². The Kier molecular flexibility index (Phi) is 6.04. The van der Waals surface area contributed by atoms with Gasteiger partial charge < -0.3 is 20.6 Å². The average Bonchev–Trinajstić information content (AvgIpc) is 2.67. The number of aliphatic hydroxyl groups excluding tert-OH is 1. The topological polar surface area (TPSA) is 64.6 Å². The van der Waals surface area contributed by atoms with E-state index in [1.807, 2.05) is 59.5 Å². The van der Waals surface area contributed by atoms with Gasteiger partial charge in [-0.15, -0.1) is 0 Å². The number of hydrogen-bond donors (Lipinski definition) is 3. The molecule has 3 N–H and O–H groups in total. The number of para-hydroxylation sites is 2. The summed E-state index contributed by atoms with van der Waals surface area (Å²) in [5.74, 6) is 0.0505. The predicted octanol–water partition coefficient (Wildman–Crippen LogP) is 2.62. The van der Waals surface area contributed by atoms with Crippen LogP contribution in [0.25, 0.3) is 0 Å². The molecule has 2 aromatic rings. The fourth-order valence-electron chi connectivity index (χ4n) is 3.22. The first-order chi connectivity index (χ1) is 12.3. The van der Waals surface area contributed by atoms with Crippen LogP contribution >= 0.6 is 0 Å². The molecule has 5 heteroatoms. The molecule has 0 aromatic heterocycles. The standard InChI is InChI=1S/C20H25N3O2/c24-14-12-21-17-9-6-13-23(15-17)20(25)18-10-4-5-11-19(18)22-16-7-2-1-3-8-16/h1-5,7-8,10-11,17,21-22,24H,6,9,12-15H2. The van der Waals surface area contributed by atoms with Crippen LogP contribution < -0.4 is 10.6 Å². The second-order valence-electron chi connectivity index (χ2n) is 6.30. The van der Waals surface area contributed by atoms with Crippen molar-refractivity contribution in [1.29, 1.82) is 0 Å². The zero-order valence-electron chi connectivity index (χ0n) is 14.3. The highest BCUT2D eigenvalue weighted by atomic mass is 16.3. The Morgan fingerprint density at radius 3 is 2.68 bits per heavy atom. The lowest BCUT2D eigenvalue weighted by molar-refractivity contribution is 0.0694. The van der Waals surface area contributed by atoms with Gasteiger partial charge in [-0.05, 0) is 37.1 Å². The monoisotopic (exact) mass is 339 g/mol. The third kappa shape index (κ3) is 4.59. The zero-order valence-corrected chi connectivity index (χ0v) is 14.3. The van der Waals surface area contributed by atoms with Crippen LogP contribution in [0.15, 0.2) is 54.6 Å². The van der Waals surface area contributed by atoms with Gasteiger partial charge in [-0.1, -0.05) is 30.3 Å². The summed E-state index contributed by atoms with van der Waals surface area (Å²) in [6, 6.07) is 17.8. The number of anilines is 2. The Bertz CT molecular complexity index is 690. The van der Waals surface area contributed by atoms with Crippen LogP contribution in [-0.2, 0) is 0 Å². The molecule has 0 saturated carbocycles. The van der Waals surface area contributed by atoms with Gasteiger partial charge in [0.25, 0.3) is 5.91 Å². The molecule has 2 aromatic carbocycles. The maximum atomic E-state index is 13.0. The Hall–Kier alpha value is -2.37. The highest BCUT2D eigenvalue weighted by Gasteiger charge is 2.25. The first-order valence-electron chi connectivity index (χ1n) is 8.82. The minimum atomic E-state index is 0.0505. The van der Waals surface area contributed by atoms with E-state index in [0.29, 0.717) is 18.7 Å². The van der Waals surface area contributed by atoms with Crippen molar-refractivity contribution in [1.82, 2.24) is 10.2 Å². The number of carbonyl (C=O) groups excluding carboxylic acids is 1. The SMILES string of the molecule is O=C(c1ccccc1Nc1ccccc1)N1CCCC(NCCO)C1. The normalized spacial score (nSPS) is 17.3. The van der Waals surface area contributed by atoms with Crippen LogP contribution in [0, 0.1) is 0 Å². The van der Waals surface area contributed by atoms with Gasteiger partial charge in [0.2, 0.25) is 0 Å². The molecule has 0 aliphatic carbocycles. The molecule has 1 heterocycles. The van der Waals surface area contributed by atoms with Crippen LogP contribution in [-0.4, -0.2) is 48.2 Å². The maximum Gasteiger partial charge on any atom is 0.256 e. The summed E-state index contributed by atoms with van der Waals surface area (Å²) in [6.07, 6.45) is 2.01. The van der Waals surface area contributed by atoms with E-state index < -0.39 is 0 Å². The van der Waals surface area contributed by atoms with Gasteiger partial charge in [-0.2, -0.15) is 0 Å². The van der Waals surface area contributed by atoms with E-state index in [1.165, 1.54) is 0 Å². The first-order valence-corrected chi connectivity index (χ1v) is 8.82. The molecule has 1 amide bonds. The molecule has 1 unspecified atom stereocenters. The lowest BCUT2D eigenvalue weighted by Gasteiger charge is -2.33. The van der Waals surface area contributed by atoms with E-state index in [1.54, 1.807) is 0 Å². The van der Waals surface area contributed by atoms with Gasteiger partial charge in [-0.3, -0.25) is 4.79 Å². The van der Waals surface area contributed by atoms with E-state index in [2.05, 4.69) is 10.6 Å². The number of likely N-dealkylation sites (tertiary alicyclic amines) is 1. The summed E-state index contributed by atoms with van der Waals surface area (Å²) in [4.78, 5) is 14.9. The summed E-state index contributed by atoms with van der Waals surface area (Å²) in [7, 11) is 0. The molecule has 0 bridgehead atoms. The third-order valence-corrected chi connectivity index (χ3v) is 4.46. The quantitative estimate of drug-likeness (QED) is 0.757. The van der Waals surface area contributed by atoms with Gasteiger partial charge >= 0.3 is 0 Å². The fourth-order valence-corrected chi connectivity index (χ4v) is 3.22. The molecule has 0 radical (unpaired) electrons. The molecule has 1 aliphatic rings. The van der Waals surface area contributed by atoms with Crippen LogP contribution in [0.3, 0.4) is 0 Å². The van der Waals surface area contributed by atoms with Crippen LogP contribution in [0.1, 0.15) is 23.2 Å². The molecule has 1 fully saturated rings. The van der Waals surface area contributed by atoms with Crippen molar-refractivity contribution in [3.8, 4) is 0 Å². The summed E-state index contributed by atoms with van der Waals surface area (Å²) in [6.45, 7) is 2.14. The molecule has 0 spiro atoms. The largest absolute Gasteiger partial charge is 0.395 e. The predicted molar refractivity (Wildman–Crippen MR) is 100 cm³/mol. The van der Waals surface area contributed by atoms with Gasteiger partial charge in [-0.25, -0.2) is 0 Å². The summed E-state index contributed by atoms with van der Waals surface area (Å²) < 4.78 is 0. The van der Waals surface area contributed by atoms with Crippen molar-refractivity contribution in [3.63, 3.8) is 0 Å². The van der Waals surface area contributed by atoms with E-state index in [9.17, 15) is 4.79 Å². The number of benzene rings is 2. The number of rotatable bonds is 6. The number of aliphatic hydroxyl groups is 1. The van der Waals surface area contributed by atoms with E-state index in [0.717, 1.165) is 30.8 Å². The van der Waals surface area contributed by atoms with Crippen molar-refractivity contribution < 1.29 is 9.90 Å². The minimum Gasteiger partial charge on any atom is -0.395 e. The zero-order chi connectivity index (χ0) is 17.5. The van der Waals surface area contributed by atoms with Gasteiger partial charge in [0.15, 0.2) is 0 Å². The summed E-state index contributed by atoms with van der Waals surface area (Å²) in [5.41, 5.74) is 2.47. The number of nitrogens with one attached hydrogen (secondary N) is 2. The summed E-state index contributed by atoms with van der Waals surface area (Å²) >= 11 is 0. The minimum absolute atomic E-state index is 0.0505. The van der Waals surface area contributed by atoms with Crippen LogP contribution in [0.2, 0.25) is 0 Å². The lowest BCUT2D eigenvalue weighted by Crippen LogP contribution is -2.48. The molecule has 3 rings (SSSR count). The van der Waals surface area contributed by atoms with E-state index >= 15 is 0 Å². The number of hydrogen-bond acceptors (Lipinski definition) is 4. The Morgan fingerprint density at radius 1 is 1.12 bits per heavy atom. The molecule has 1 saturated heterocycles. The molecule has 1 atom stereocenters. The van der Waals surface area contributed by atoms with Crippen LogP contribution in [0.5, 0.6) is 0 Å². The van der Waals surface area contributed by atoms with Crippen molar-refractivity contribution in [3.05, 3.63) is 60.2 Å². The number of carbonyl (C=O) groups is 1. The molecular formula is C20H25N3O2.